The standard InChI is InChI=1S/C20H29NO2/c1-3-6-16-9-12-20(13-10-16)14-11-18(20)23-19(22)21-17-8-5-4-7-15(17)2/h4-5,7-8,16,18H,3,6,9-14H2,1-2H3,(H,21,22)/t16?,18-,20?/m1/s1. The fourth-order valence-electron chi connectivity index (χ4n) is 4.36. The molecule has 2 aliphatic carbocycles. The van der Waals surface area contributed by atoms with Gasteiger partial charge in [0.1, 0.15) is 6.10 Å². The van der Waals surface area contributed by atoms with Crippen LogP contribution in [0, 0.1) is 18.3 Å². The van der Waals surface area contributed by atoms with E-state index in [4.69, 9.17) is 4.74 Å². The largest absolute Gasteiger partial charge is 0.445 e. The van der Waals surface area contributed by atoms with Crippen molar-refractivity contribution in [1.29, 1.82) is 0 Å². The Hall–Kier alpha value is -1.51. The zero-order valence-electron chi connectivity index (χ0n) is 14.4. The minimum absolute atomic E-state index is 0.120. The summed E-state index contributed by atoms with van der Waals surface area (Å²) in [6.45, 7) is 4.27. The second kappa shape index (κ2) is 6.94. The zero-order valence-corrected chi connectivity index (χ0v) is 14.4. The fourth-order valence-corrected chi connectivity index (χ4v) is 4.36. The van der Waals surface area contributed by atoms with Crippen molar-refractivity contribution < 1.29 is 9.53 Å². The first-order valence-corrected chi connectivity index (χ1v) is 9.16. The van der Waals surface area contributed by atoms with Crippen LogP contribution in [0.1, 0.15) is 63.9 Å². The summed E-state index contributed by atoms with van der Waals surface area (Å²) in [5.41, 5.74) is 2.19. The topological polar surface area (TPSA) is 38.3 Å². The molecule has 1 amide bonds. The normalized spacial score (nSPS) is 29.8. The van der Waals surface area contributed by atoms with Gasteiger partial charge in [-0.1, -0.05) is 38.0 Å². The maximum Gasteiger partial charge on any atom is 0.411 e. The maximum absolute atomic E-state index is 12.2. The van der Waals surface area contributed by atoms with E-state index in [1.807, 2.05) is 31.2 Å². The SMILES string of the molecule is CCCC1CCC2(CC1)CC[C@H]2OC(=O)Nc1ccccc1C. The second-order valence-corrected chi connectivity index (χ2v) is 7.47. The molecule has 2 aliphatic rings. The van der Waals surface area contributed by atoms with Crippen molar-refractivity contribution in [3.05, 3.63) is 29.8 Å². The van der Waals surface area contributed by atoms with E-state index in [0.717, 1.165) is 23.6 Å². The van der Waals surface area contributed by atoms with E-state index in [1.165, 1.54) is 44.9 Å². The molecule has 1 N–H and O–H groups in total. The van der Waals surface area contributed by atoms with Crippen LogP contribution in [0.5, 0.6) is 0 Å². The molecule has 3 heteroatoms. The van der Waals surface area contributed by atoms with Gasteiger partial charge in [0.05, 0.1) is 0 Å². The molecule has 2 saturated carbocycles. The van der Waals surface area contributed by atoms with E-state index in [-0.39, 0.29) is 17.6 Å². The van der Waals surface area contributed by atoms with Gasteiger partial charge >= 0.3 is 6.09 Å². The summed E-state index contributed by atoms with van der Waals surface area (Å²) in [6, 6.07) is 7.82. The molecular formula is C20H29NO2. The molecule has 23 heavy (non-hydrogen) atoms. The first-order chi connectivity index (χ1) is 11.1. The Labute approximate surface area is 139 Å². The van der Waals surface area contributed by atoms with E-state index < -0.39 is 0 Å². The Morgan fingerprint density at radius 1 is 1.22 bits per heavy atom. The molecule has 2 fully saturated rings. The van der Waals surface area contributed by atoms with Crippen LogP contribution >= 0.6 is 0 Å². The number of hydrogen-bond donors (Lipinski definition) is 1. The summed E-state index contributed by atoms with van der Waals surface area (Å²) in [4.78, 5) is 12.2. The van der Waals surface area contributed by atoms with E-state index in [2.05, 4.69) is 12.2 Å². The third-order valence-corrected chi connectivity index (χ3v) is 6.02. The van der Waals surface area contributed by atoms with Gasteiger partial charge in [-0.3, -0.25) is 5.32 Å². The molecule has 1 aromatic rings. The van der Waals surface area contributed by atoms with Gasteiger partial charge < -0.3 is 4.74 Å². The highest BCUT2D eigenvalue weighted by Crippen LogP contribution is 2.54. The molecule has 0 unspecified atom stereocenters. The molecule has 1 aromatic carbocycles. The molecular weight excluding hydrogens is 286 g/mol. The van der Waals surface area contributed by atoms with Gasteiger partial charge in [-0.15, -0.1) is 0 Å². The zero-order chi connectivity index (χ0) is 16.3. The van der Waals surface area contributed by atoms with Crippen LogP contribution in [0.25, 0.3) is 0 Å². The summed E-state index contributed by atoms with van der Waals surface area (Å²) in [5, 5.41) is 2.90. The van der Waals surface area contributed by atoms with Crippen LogP contribution < -0.4 is 5.32 Å². The lowest BCUT2D eigenvalue weighted by Crippen LogP contribution is -2.50. The predicted octanol–water partition coefficient (Wildman–Crippen LogP) is 5.68. The lowest BCUT2D eigenvalue weighted by atomic mass is 9.57. The molecule has 0 heterocycles. The van der Waals surface area contributed by atoms with Crippen molar-refractivity contribution in [2.24, 2.45) is 11.3 Å². The Morgan fingerprint density at radius 3 is 2.52 bits per heavy atom. The average molecular weight is 315 g/mol. The number of hydrogen-bond acceptors (Lipinski definition) is 2. The number of ether oxygens (including phenoxy) is 1. The van der Waals surface area contributed by atoms with Crippen LogP contribution in [-0.4, -0.2) is 12.2 Å². The molecule has 0 saturated heterocycles. The number of aryl methyl sites for hydroxylation is 1. The number of amides is 1. The molecule has 3 rings (SSSR count). The number of anilines is 1. The minimum atomic E-state index is -0.293. The van der Waals surface area contributed by atoms with Crippen LogP contribution in [-0.2, 0) is 4.74 Å². The Balaban J connectivity index is 1.53. The first kappa shape index (κ1) is 16.4. The molecule has 3 nitrogen and oxygen atoms in total. The lowest BCUT2D eigenvalue weighted by Gasteiger charge is -2.52. The number of carbonyl (C=O) groups excluding carboxylic acids is 1. The lowest BCUT2D eigenvalue weighted by molar-refractivity contribution is -0.0962. The summed E-state index contributed by atoms with van der Waals surface area (Å²) >= 11 is 0. The highest BCUT2D eigenvalue weighted by molar-refractivity contribution is 5.85. The van der Waals surface area contributed by atoms with Crippen molar-refractivity contribution in [1.82, 2.24) is 0 Å². The smallest absolute Gasteiger partial charge is 0.411 e. The molecule has 126 valence electrons. The summed E-state index contributed by atoms with van der Waals surface area (Å²) in [6.07, 6.45) is 9.83. The quantitative estimate of drug-likeness (QED) is 0.776. The van der Waals surface area contributed by atoms with Crippen molar-refractivity contribution in [2.75, 3.05) is 5.32 Å². The first-order valence-electron chi connectivity index (χ1n) is 9.16. The van der Waals surface area contributed by atoms with Gasteiger partial charge in [-0.25, -0.2) is 4.79 Å². The number of para-hydroxylation sites is 1. The highest BCUT2D eigenvalue weighted by atomic mass is 16.6. The molecule has 0 bridgehead atoms. The fraction of sp³-hybridized carbons (Fsp3) is 0.650. The Morgan fingerprint density at radius 2 is 1.91 bits per heavy atom. The van der Waals surface area contributed by atoms with Crippen molar-refractivity contribution in [3.63, 3.8) is 0 Å². The van der Waals surface area contributed by atoms with Gasteiger partial charge in [0.2, 0.25) is 0 Å². The van der Waals surface area contributed by atoms with E-state index in [1.54, 1.807) is 0 Å². The summed E-state index contributed by atoms with van der Waals surface area (Å²) in [7, 11) is 0. The van der Waals surface area contributed by atoms with Crippen molar-refractivity contribution in [2.45, 2.75) is 71.3 Å². The van der Waals surface area contributed by atoms with Crippen molar-refractivity contribution in [3.8, 4) is 0 Å². The van der Waals surface area contributed by atoms with E-state index in [0.29, 0.717) is 0 Å². The monoisotopic (exact) mass is 315 g/mol. The van der Waals surface area contributed by atoms with E-state index in [9.17, 15) is 4.79 Å². The van der Waals surface area contributed by atoms with Gasteiger partial charge in [0.25, 0.3) is 0 Å². The van der Waals surface area contributed by atoms with Gasteiger partial charge in [-0.2, -0.15) is 0 Å². The Kier molecular flexibility index (Phi) is 4.93. The number of rotatable bonds is 4. The number of nitrogens with one attached hydrogen (secondary N) is 1. The molecule has 1 spiro atoms. The van der Waals surface area contributed by atoms with Gasteiger partial charge in [0.15, 0.2) is 0 Å². The second-order valence-electron chi connectivity index (χ2n) is 7.47. The van der Waals surface area contributed by atoms with Crippen LogP contribution in [0.2, 0.25) is 0 Å². The molecule has 0 aromatic heterocycles. The van der Waals surface area contributed by atoms with E-state index >= 15 is 0 Å². The predicted molar refractivity (Wildman–Crippen MR) is 93.6 cm³/mol. The maximum atomic E-state index is 12.2. The third kappa shape index (κ3) is 3.54. The minimum Gasteiger partial charge on any atom is -0.445 e. The van der Waals surface area contributed by atoms with Gasteiger partial charge in [-0.05, 0) is 63.0 Å². The molecule has 0 aliphatic heterocycles. The summed E-state index contributed by atoms with van der Waals surface area (Å²) < 4.78 is 5.78. The van der Waals surface area contributed by atoms with Gasteiger partial charge in [0, 0.05) is 11.1 Å². The average Bonchev–Trinajstić information content (AvgIpc) is 2.55. The highest BCUT2D eigenvalue weighted by Gasteiger charge is 2.50. The van der Waals surface area contributed by atoms with Crippen LogP contribution in [0.4, 0.5) is 10.5 Å². The third-order valence-electron chi connectivity index (χ3n) is 6.02. The number of benzene rings is 1. The van der Waals surface area contributed by atoms with Crippen LogP contribution in [0.15, 0.2) is 24.3 Å². The van der Waals surface area contributed by atoms with Crippen LogP contribution in [0.3, 0.4) is 0 Å². The Bertz CT molecular complexity index is 546. The summed E-state index contributed by atoms with van der Waals surface area (Å²) in [5.74, 6) is 0.896. The number of carbonyl (C=O) groups is 1. The molecule has 1 atom stereocenters. The van der Waals surface area contributed by atoms with Crippen molar-refractivity contribution >= 4 is 11.8 Å². The molecule has 0 radical (unpaired) electrons.